The predicted molar refractivity (Wildman–Crippen MR) is 136 cm³/mol. The van der Waals surface area contributed by atoms with Gasteiger partial charge in [-0.15, -0.1) is 0 Å². The van der Waals surface area contributed by atoms with Crippen LogP contribution < -0.4 is 16.2 Å². The van der Waals surface area contributed by atoms with Gasteiger partial charge in [0.1, 0.15) is 9.72 Å². The normalized spacial score (nSPS) is 16.1. The minimum Gasteiger partial charge on any atom is -0.324 e. The Morgan fingerprint density at radius 3 is 2.76 bits per heavy atom. The lowest BCUT2D eigenvalue weighted by Gasteiger charge is -2.18. The molecule has 2 aliphatic rings. The molecule has 1 aliphatic carbocycles. The lowest BCUT2D eigenvalue weighted by molar-refractivity contribution is 0.546. The molecule has 0 amide bonds. The van der Waals surface area contributed by atoms with Crippen LogP contribution in [-0.4, -0.2) is 30.9 Å². The van der Waals surface area contributed by atoms with Gasteiger partial charge in [-0.25, -0.2) is 19.3 Å². The van der Waals surface area contributed by atoms with Crippen molar-refractivity contribution >= 4 is 45.6 Å². The van der Waals surface area contributed by atoms with Crippen LogP contribution in [0.3, 0.4) is 0 Å². The summed E-state index contributed by atoms with van der Waals surface area (Å²) in [5.74, 6) is 0.441. The highest BCUT2D eigenvalue weighted by atomic mass is 35.5. The molecular formula is C24H26ClN7OS. The van der Waals surface area contributed by atoms with Crippen LogP contribution >= 0.6 is 22.9 Å². The van der Waals surface area contributed by atoms with Crippen LogP contribution in [0.15, 0.2) is 29.2 Å². The third-order valence-electron chi connectivity index (χ3n) is 6.33. The molecule has 2 N–H and O–H groups in total. The zero-order valence-electron chi connectivity index (χ0n) is 19.4. The maximum atomic E-state index is 13.3. The first-order chi connectivity index (χ1) is 16.3. The molecule has 0 bridgehead atoms. The fourth-order valence-electron chi connectivity index (χ4n) is 4.42. The van der Waals surface area contributed by atoms with E-state index in [0.29, 0.717) is 26.4 Å². The summed E-state index contributed by atoms with van der Waals surface area (Å²) in [6.45, 7) is 8.11. The second-order valence-electron chi connectivity index (χ2n) is 10.0. The summed E-state index contributed by atoms with van der Waals surface area (Å²) in [5, 5.41) is 7.86. The number of hydrogen-bond acceptors (Lipinski definition) is 7. The van der Waals surface area contributed by atoms with Gasteiger partial charge in [0.05, 0.1) is 11.7 Å². The standard InChI is InChI=1S/C24H26ClN7OS/c1-24(2,3)18-19(25)34-23(29-18)32-20-17(21(33)31(32)16-6-7-16)12-27-22(30-20)28-15-5-4-13-8-9-26-11-14(13)10-15/h4-5,10,12,16,26H,6-9,11H2,1-3H3,(H,27,28,30). The van der Waals surface area contributed by atoms with E-state index in [1.54, 1.807) is 10.9 Å². The molecule has 1 saturated carbocycles. The van der Waals surface area contributed by atoms with E-state index in [-0.39, 0.29) is 17.0 Å². The van der Waals surface area contributed by atoms with Gasteiger partial charge in [0.15, 0.2) is 5.65 Å². The number of anilines is 2. The highest BCUT2D eigenvalue weighted by Crippen LogP contribution is 2.39. The maximum Gasteiger partial charge on any atom is 0.278 e. The number of aromatic nitrogens is 5. The van der Waals surface area contributed by atoms with E-state index in [1.807, 2.05) is 4.68 Å². The highest BCUT2D eigenvalue weighted by Gasteiger charge is 2.33. The van der Waals surface area contributed by atoms with Gasteiger partial charge in [0, 0.05) is 23.8 Å². The highest BCUT2D eigenvalue weighted by molar-refractivity contribution is 7.18. The number of halogens is 1. The summed E-state index contributed by atoms with van der Waals surface area (Å²) in [4.78, 5) is 27.4. The fourth-order valence-corrected chi connectivity index (χ4v) is 5.96. The average molecular weight is 496 g/mol. The number of benzene rings is 1. The smallest absolute Gasteiger partial charge is 0.278 e. The molecule has 0 spiro atoms. The monoisotopic (exact) mass is 495 g/mol. The summed E-state index contributed by atoms with van der Waals surface area (Å²) in [6.07, 6.45) is 4.57. The van der Waals surface area contributed by atoms with Crippen LogP contribution in [-0.2, 0) is 18.4 Å². The molecule has 34 heavy (non-hydrogen) atoms. The Labute approximate surface area is 206 Å². The summed E-state index contributed by atoms with van der Waals surface area (Å²) in [6, 6.07) is 6.48. The van der Waals surface area contributed by atoms with Gasteiger partial charge in [-0.3, -0.25) is 4.79 Å². The van der Waals surface area contributed by atoms with Gasteiger partial charge in [-0.05, 0) is 49.1 Å². The second-order valence-corrected chi connectivity index (χ2v) is 11.6. The van der Waals surface area contributed by atoms with Crippen molar-refractivity contribution in [2.24, 2.45) is 0 Å². The van der Waals surface area contributed by atoms with Crippen molar-refractivity contribution in [3.05, 3.63) is 55.9 Å². The Bertz CT molecular complexity index is 1480. The van der Waals surface area contributed by atoms with Crippen molar-refractivity contribution in [3.8, 4) is 5.13 Å². The van der Waals surface area contributed by atoms with Gasteiger partial charge in [0.2, 0.25) is 11.1 Å². The van der Waals surface area contributed by atoms with E-state index < -0.39 is 0 Å². The summed E-state index contributed by atoms with van der Waals surface area (Å²) >= 11 is 7.96. The average Bonchev–Trinajstić information content (AvgIpc) is 3.50. The van der Waals surface area contributed by atoms with Crippen molar-refractivity contribution in [1.29, 1.82) is 0 Å². The number of thiazole rings is 1. The molecule has 6 rings (SSSR count). The zero-order valence-corrected chi connectivity index (χ0v) is 20.9. The molecule has 8 nitrogen and oxygen atoms in total. The summed E-state index contributed by atoms with van der Waals surface area (Å²) in [7, 11) is 0. The van der Waals surface area contributed by atoms with E-state index >= 15 is 0 Å². The van der Waals surface area contributed by atoms with E-state index in [0.717, 1.165) is 43.7 Å². The molecule has 0 radical (unpaired) electrons. The molecule has 0 saturated heterocycles. The van der Waals surface area contributed by atoms with Crippen LogP contribution in [0, 0.1) is 0 Å². The topological polar surface area (TPSA) is 89.7 Å². The number of hydrogen-bond donors (Lipinski definition) is 2. The predicted octanol–water partition coefficient (Wildman–Crippen LogP) is 4.71. The molecule has 10 heteroatoms. The summed E-state index contributed by atoms with van der Waals surface area (Å²) < 4.78 is 4.24. The van der Waals surface area contributed by atoms with Crippen LogP contribution in [0.4, 0.5) is 11.6 Å². The van der Waals surface area contributed by atoms with Gasteiger partial charge in [-0.1, -0.05) is 49.8 Å². The number of nitrogens with zero attached hydrogens (tertiary/aromatic N) is 5. The van der Waals surface area contributed by atoms with Crippen molar-refractivity contribution in [2.75, 3.05) is 11.9 Å². The molecule has 1 fully saturated rings. The van der Waals surface area contributed by atoms with Crippen LogP contribution in [0.2, 0.25) is 4.34 Å². The Balaban J connectivity index is 1.46. The van der Waals surface area contributed by atoms with Crippen LogP contribution in [0.5, 0.6) is 0 Å². The lowest BCUT2D eigenvalue weighted by atomic mass is 9.93. The van der Waals surface area contributed by atoms with Crippen LogP contribution in [0.25, 0.3) is 16.2 Å². The fraction of sp³-hybridized carbons (Fsp3) is 0.417. The minimum atomic E-state index is -0.206. The number of nitrogens with one attached hydrogen (secondary N) is 2. The van der Waals surface area contributed by atoms with Crippen LogP contribution in [0.1, 0.15) is 56.5 Å². The first-order valence-electron chi connectivity index (χ1n) is 11.6. The minimum absolute atomic E-state index is 0.0902. The largest absolute Gasteiger partial charge is 0.324 e. The zero-order chi connectivity index (χ0) is 23.6. The number of rotatable bonds is 4. The maximum absolute atomic E-state index is 13.3. The molecule has 0 unspecified atom stereocenters. The third-order valence-corrected chi connectivity index (χ3v) is 7.56. The summed E-state index contributed by atoms with van der Waals surface area (Å²) in [5.41, 5.74) is 4.63. The Kier molecular flexibility index (Phi) is 5.05. The SMILES string of the molecule is CC(C)(C)c1nc(-n2c3nc(Nc4ccc5c(c4)CNCC5)ncc3c(=O)n2C2CC2)sc1Cl. The third kappa shape index (κ3) is 3.72. The molecule has 1 aliphatic heterocycles. The first kappa shape index (κ1) is 21.8. The van der Waals surface area contributed by atoms with Crippen molar-refractivity contribution in [3.63, 3.8) is 0 Å². The van der Waals surface area contributed by atoms with Gasteiger partial charge in [0.25, 0.3) is 5.56 Å². The Hall–Kier alpha value is -2.75. The molecule has 3 aromatic heterocycles. The molecule has 176 valence electrons. The van der Waals surface area contributed by atoms with Gasteiger partial charge in [-0.2, -0.15) is 4.98 Å². The Morgan fingerprint density at radius 2 is 2.03 bits per heavy atom. The van der Waals surface area contributed by atoms with E-state index in [9.17, 15) is 4.79 Å². The molecule has 1 aromatic carbocycles. The quantitative estimate of drug-likeness (QED) is 0.426. The van der Waals surface area contributed by atoms with Gasteiger partial charge < -0.3 is 10.6 Å². The van der Waals surface area contributed by atoms with E-state index in [1.165, 1.54) is 22.5 Å². The first-order valence-corrected chi connectivity index (χ1v) is 12.8. The van der Waals surface area contributed by atoms with Crippen molar-refractivity contribution in [2.45, 2.75) is 58.0 Å². The molecular weight excluding hydrogens is 470 g/mol. The second kappa shape index (κ2) is 7.90. The van der Waals surface area contributed by atoms with Crippen molar-refractivity contribution < 1.29 is 0 Å². The molecule has 0 atom stereocenters. The van der Waals surface area contributed by atoms with E-state index in [4.69, 9.17) is 21.6 Å². The Morgan fingerprint density at radius 1 is 1.21 bits per heavy atom. The van der Waals surface area contributed by atoms with Crippen molar-refractivity contribution in [1.82, 2.24) is 29.6 Å². The van der Waals surface area contributed by atoms with E-state index in [2.05, 4.69) is 54.6 Å². The lowest BCUT2D eigenvalue weighted by Crippen LogP contribution is -2.23. The molecule has 4 heterocycles. The number of fused-ring (bicyclic) bond motifs is 2. The van der Waals surface area contributed by atoms with Gasteiger partial charge >= 0.3 is 0 Å². The molecule has 4 aromatic rings.